The van der Waals surface area contributed by atoms with Gasteiger partial charge in [-0.25, -0.2) is 0 Å². The molecule has 9 rings (SSSR count). The fraction of sp³-hybridized carbons (Fsp3) is 0.0500. The van der Waals surface area contributed by atoms with Gasteiger partial charge in [0.1, 0.15) is 0 Å². The van der Waals surface area contributed by atoms with E-state index in [9.17, 15) is 0 Å². The Morgan fingerprint density at radius 1 is 0.548 bits per heavy atom. The number of nitrogens with zero attached hydrogens (tertiary/aromatic N) is 2. The number of fused-ring (bicyclic) bond motifs is 7. The molecule has 2 nitrogen and oxygen atoms in total. The Labute approximate surface area is 245 Å². The van der Waals surface area contributed by atoms with Gasteiger partial charge in [-0.3, -0.25) is 0 Å². The molecule has 0 saturated carbocycles. The van der Waals surface area contributed by atoms with Crippen molar-refractivity contribution in [3.63, 3.8) is 0 Å². The molecule has 1 aromatic heterocycles. The van der Waals surface area contributed by atoms with Crippen molar-refractivity contribution >= 4 is 55.1 Å². The van der Waals surface area contributed by atoms with Crippen LogP contribution in [0.3, 0.4) is 0 Å². The molecule has 1 atom stereocenters. The second-order valence-corrected chi connectivity index (χ2v) is 11.3. The smallest absolute Gasteiger partial charge is 0.0633 e. The molecule has 0 spiro atoms. The summed E-state index contributed by atoms with van der Waals surface area (Å²) in [4.78, 5) is 2.54. The molecule has 0 fully saturated rings. The molecule has 1 aliphatic heterocycles. The predicted octanol–water partition coefficient (Wildman–Crippen LogP) is 10.3. The van der Waals surface area contributed by atoms with Crippen molar-refractivity contribution in [2.75, 3.05) is 4.90 Å². The Morgan fingerprint density at radius 3 is 2.24 bits per heavy atom. The quantitative estimate of drug-likeness (QED) is 0.218. The van der Waals surface area contributed by atoms with Crippen LogP contribution < -0.4 is 4.90 Å². The van der Waals surface area contributed by atoms with Crippen LogP contribution in [0.25, 0.3) is 49.4 Å². The number of aromatic nitrogens is 1. The number of allylic oxidation sites excluding steroid dienone is 2. The minimum Gasteiger partial charge on any atom is -0.333 e. The molecule has 198 valence electrons. The number of para-hydroxylation sites is 3. The molecule has 0 amide bonds. The number of rotatable bonds is 3. The zero-order valence-electron chi connectivity index (χ0n) is 23.1. The molecule has 42 heavy (non-hydrogen) atoms. The Kier molecular flexibility index (Phi) is 5.06. The summed E-state index contributed by atoms with van der Waals surface area (Å²) in [6.45, 7) is 0. The molecule has 6 aromatic carbocycles. The third-order valence-corrected chi connectivity index (χ3v) is 9.05. The Hall–Kier alpha value is -5.34. The third kappa shape index (κ3) is 3.45. The summed E-state index contributed by atoms with van der Waals surface area (Å²) in [7, 11) is 0. The summed E-state index contributed by atoms with van der Waals surface area (Å²) < 4.78 is 2.38. The van der Waals surface area contributed by atoms with E-state index in [4.69, 9.17) is 0 Å². The van der Waals surface area contributed by atoms with Crippen LogP contribution in [0.1, 0.15) is 17.5 Å². The second kappa shape index (κ2) is 9.09. The van der Waals surface area contributed by atoms with Crippen LogP contribution in [0, 0.1) is 0 Å². The van der Waals surface area contributed by atoms with Crippen LogP contribution in [0.4, 0.5) is 11.4 Å². The highest BCUT2D eigenvalue weighted by atomic mass is 15.2. The molecule has 0 N–H and O–H groups in total. The van der Waals surface area contributed by atoms with Crippen LogP contribution in [-0.2, 0) is 0 Å². The highest BCUT2D eigenvalue weighted by Gasteiger charge is 2.36. The molecule has 1 unspecified atom stereocenters. The van der Waals surface area contributed by atoms with Gasteiger partial charge in [-0.1, -0.05) is 97.1 Å². The molecule has 2 heteroatoms. The number of anilines is 2. The van der Waals surface area contributed by atoms with Crippen LogP contribution in [0.15, 0.2) is 152 Å². The molecular formula is C40H28N2. The monoisotopic (exact) mass is 536 g/mol. The first-order valence-electron chi connectivity index (χ1n) is 14.7. The number of benzene rings is 6. The van der Waals surface area contributed by atoms with Gasteiger partial charge < -0.3 is 9.47 Å². The first kappa shape index (κ1) is 23.4. The summed E-state index contributed by atoms with van der Waals surface area (Å²) in [5, 5.41) is 5.13. The fourth-order valence-corrected chi connectivity index (χ4v) is 7.14. The molecule has 2 heterocycles. The highest BCUT2D eigenvalue weighted by molar-refractivity contribution is 6.10. The lowest BCUT2D eigenvalue weighted by atomic mass is 9.89. The maximum Gasteiger partial charge on any atom is 0.0633 e. The molecule has 0 radical (unpaired) electrons. The second-order valence-electron chi connectivity index (χ2n) is 11.3. The van der Waals surface area contributed by atoms with Gasteiger partial charge in [-0.15, -0.1) is 0 Å². The van der Waals surface area contributed by atoms with E-state index >= 15 is 0 Å². The number of hydrogen-bond donors (Lipinski definition) is 0. The van der Waals surface area contributed by atoms with E-state index in [1.54, 1.807) is 0 Å². The maximum absolute atomic E-state index is 2.54. The average Bonchev–Trinajstić information content (AvgIpc) is 3.57. The van der Waals surface area contributed by atoms with Gasteiger partial charge in [0.05, 0.1) is 17.1 Å². The summed E-state index contributed by atoms with van der Waals surface area (Å²) >= 11 is 0. The predicted molar refractivity (Wildman–Crippen MR) is 178 cm³/mol. The molecule has 0 saturated heterocycles. The first-order valence-corrected chi connectivity index (χ1v) is 14.7. The van der Waals surface area contributed by atoms with Crippen molar-refractivity contribution in [3.05, 3.63) is 163 Å². The highest BCUT2D eigenvalue weighted by Crippen LogP contribution is 2.49. The van der Waals surface area contributed by atoms with Crippen LogP contribution in [0.5, 0.6) is 0 Å². The minimum atomic E-state index is 0.288. The Morgan fingerprint density at radius 2 is 1.31 bits per heavy atom. The van der Waals surface area contributed by atoms with Gasteiger partial charge in [0, 0.05) is 33.4 Å². The van der Waals surface area contributed by atoms with E-state index < -0.39 is 0 Å². The number of hydrogen-bond acceptors (Lipinski definition) is 1. The topological polar surface area (TPSA) is 8.17 Å². The standard InChI is InChI=1S/C40H28N2/c1-2-12-31(13-3-1)41-37-16-8-6-14-33(37)35-25-29(19-22-39(35)41)30-20-23-40-36(26-30)34-15-7-9-17-38(34)42(40)32-21-18-27-10-4-5-11-28(27)24-32/h1-22,24-26,40H,23H2. The third-order valence-electron chi connectivity index (χ3n) is 9.05. The van der Waals surface area contributed by atoms with Crippen molar-refractivity contribution in [2.45, 2.75) is 12.5 Å². The van der Waals surface area contributed by atoms with Crippen molar-refractivity contribution < 1.29 is 0 Å². The van der Waals surface area contributed by atoms with Crippen molar-refractivity contribution in [1.29, 1.82) is 0 Å². The first-order chi connectivity index (χ1) is 20.8. The van der Waals surface area contributed by atoms with Crippen LogP contribution in [0.2, 0.25) is 0 Å². The largest absolute Gasteiger partial charge is 0.333 e. The summed E-state index contributed by atoms with van der Waals surface area (Å²) in [5.41, 5.74) is 11.5. The van der Waals surface area contributed by atoms with E-state index in [-0.39, 0.29) is 6.04 Å². The Bertz CT molecular complexity index is 2230. The zero-order valence-corrected chi connectivity index (χ0v) is 23.1. The summed E-state index contributed by atoms with van der Waals surface area (Å²) in [5.74, 6) is 0. The van der Waals surface area contributed by atoms with E-state index in [0.717, 1.165) is 6.42 Å². The van der Waals surface area contributed by atoms with E-state index in [1.165, 1.54) is 71.9 Å². The molecule has 0 bridgehead atoms. The van der Waals surface area contributed by atoms with Crippen LogP contribution >= 0.6 is 0 Å². The zero-order chi connectivity index (χ0) is 27.6. The van der Waals surface area contributed by atoms with Crippen molar-refractivity contribution in [1.82, 2.24) is 4.57 Å². The van der Waals surface area contributed by atoms with Gasteiger partial charge in [-0.2, -0.15) is 0 Å². The summed E-state index contributed by atoms with van der Waals surface area (Å²) in [6.07, 6.45) is 5.84. The molecule has 1 aliphatic carbocycles. The van der Waals surface area contributed by atoms with Gasteiger partial charge in [-0.05, 0) is 88.5 Å². The SMILES string of the molecule is C1=C(c2ccc3c(c2)c2ccccc2n3-c2ccccc2)C=C2c3ccccc3N(c3ccc4ccccc4c3)C2C1. The normalized spacial score (nSPS) is 16.0. The maximum atomic E-state index is 2.54. The van der Waals surface area contributed by atoms with Gasteiger partial charge in [0.2, 0.25) is 0 Å². The Balaban J connectivity index is 1.16. The van der Waals surface area contributed by atoms with Gasteiger partial charge in [0.25, 0.3) is 0 Å². The molecule has 7 aromatic rings. The minimum absolute atomic E-state index is 0.288. The lowest BCUT2D eigenvalue weighted by molar-refractivity contribution is 0.832. The summed E-state index contributed by atoms with van der Waals surface area (Å²) in [6, 6.07) is 51.1. The van der Waals surface area contributed by atoms with Crippen molar-refractivity contribution in [3.8, 4) is 5.69 Å². The molecule has 2 aliphatic rings. The lowest BCUT2D eigenvalue weighted by Gasteiger charge is -2.30. The fourth-order valence-electron chi connectivity index (χ4n) is 7.14. The van der Waals surface area contributed by atoms with Gasteiger partial charge >= 0.3 is 0 Å². The lowest BCUT2D eigenvalue weighted by Crippen LogP contribution is -2.27. The van der Waals surface area contributed by atoms with Gasteiger partial charge in [0.15, 0.2) is 0 Å². The van der Waals surface area contributed by atoms with Crippen molar-refractivity contribution in [2.24, 2.45) is 0 Å². The van der Waals surface area contributed by atoms with E-state index in [1.807, 2.05) is 0 Å². The van der Waals surface area contributed by atoms with Crippen LogP contribution in [-0.4, -0.2) is 10.6 Å². The average molecular weight is 537 g/mol. The van der Waals surface area contributed by atoms with E-state index in [0.29, 0.717) is 0 Å². The molecular weight excluding hydrogens is 508 g/mol. The van der Waals surface area contributed by atoms with E-state index in [2.05, 4.69) is 161 Å².